The molecule has 162 valence electrons. The number of benzene rings is 2. The summed E-state index contributed by atoms with van der Waals surface area (Å²) in [5, 5.41) is 0. The lowest BCUT2D eigenvalue weighted by atomic mass is 9.93. The van der Waals surface area contributed by atoms with E-state index in [9.17, 15) is 13.2 Å². The second kappa shape index (κ2) is 7.67. The van der Waals surface area contributed by atoms with Crippen LogP contribution < -0.4 is 9.64 Å². The summed E-state index contributed by atoms with van der Waals surface area (Å²) >= 11 is 0. The quantitative estimate of drug-likeness (QED) is 0.719. The maximum absolute atomic E-state index is 13.5. The Morgan fingerprint density at radius 1 is 1.13 bits per heavy atom. The number of likely N-dealkylation sites (tertiary alicyclic amines) is 1. The van der Waals surface area contributed by atoms with Gasteiger partial charge in [0.2, 0.25) is 5.91 Å². The van der Waals surface area contributed by atoms with Gasteiger partial charge < -0.3 is 14.5 Å². The highest BCUT2D eigenvalue weighted by Crippen LogP contribution is 2.34. The van der Waals surface area contributed by atoms with Crippen LogP contribution in [-0.4, -0.2) is 51.8 Å². The molecular formula is C23H25N3O4S. The van der Waals surface area contributed by atoms with E-state index in [2.05, 4.69) is 4.40 Å². The van der Waals surface area contributed by atoms with E-state index >= 15 is 0 Å². The van der Waals surface area contributed by atoms with Crippen LogP contribution in [0.1, 0.15) is 30.4 Å². The van der Waals surface area contributed by atoms with Crippen molar-refractivity contribution >= 4 is 27.5 Å². The van der Waals surface area contributed by atoms with Crippen LogP contribution in [-0.2, 0) is 21.2 Å². The van der Waals surface area contributed by atoms with Crippen molar-refractivity contribution in [2.24, 2.45) is 10.3 Å². The van der Waals surface area contributed by atoms with Gasteiger partial charge in [-0.1, -0.05) is 12.1 Å². The molecule has 1 saturated heterocycles. The van der Waals surface area contributed by atoms with E-state index in [0.29, 0.717) is 31.0 Å². The zero-order valence-electron chi connectivity index (χ0n) is 17.5. The summed E-state index contributed by atoms with van der Waals surface area (Å²) < 4.78 is 34.3. The number of carbonyl (C=O) groups is 1. The van der Waals surface area contributed by atoms with E-state index in [1.165, 1.54) is 0 Å². The Morgan fingerprint density at radius 3 is 2.81 bits per heavy atom. The normalized spacial score (nSPS) is 21.8. The smallest absolute Gasteiger partial charge is 0.285 e. The van der Waals surface area contributed by atoms with Crippen LogP contribution in [0.4, 0.5) is 5.69 Å². The average Bonchev–Trinajstić information content (AvgIpc) is 3.09. The number of nitrogens with zero attached hydrogens (tertiary/aromatic N) is 3. The van der Waals surface area contributed by atoms with Gasteiger partial charge in [0.25, 0.3) is 10.0 Å². The van der Waals surface area contributed by atoms with Crippen molar-refractivity contribution in [3.8, 4) is 5.75 Å². The Balaban J connectivity index is 1.39. The number of anilines is 1. The van der Waals surface area contributed by atoms with Gasteiger partial charge in [-0.3, -0.25) is 4.79 Å². The summed E-state index contributed by atoms with van der Waals surface area (Å²) in [6.45, 7) is 1.87. The molecule has 0 spiro atoms. The highest BCUT2D eigenvalue weighted by molar-refractivity contribution is 7.90. The number of amidine groups is 1. The molecule has 0 aliphatic carbocycles. The fourth-order valence-electron chi connectivity index (χ4n) is 4.84. The molecule has 1 unspecified atom stereocenters. The molecule has 8 heteroatoms. The van der Waals surface area contributed by atoms with E-state index in [4.69, 9.17) is 4.74 Å². The predicted octanol–water partition coefficient (Wildman–Crippen LogP) is 2.84. The number of amides is 1. The minimum absolute atomic E-state index is 0.102. The Morgan fingerprint density at radius 2 is 1.97 bits per heavy atom. The minimum atomic E-state index is -3.67. The summed E-state index contributed by atoms with van der Waals surface area (Å²) in [5.41, 5.74) is 2.72. The molecule has 2 aromatic carbocycles. The molecule has 3 heterocycles. The third-order valence-electron chi connectivity index (χ3n) is 6.35. The largest absolute Gasteiger partial charge is 0.497 e. The summed E-state index contributed by atoms with van der Waals surface area (Å²) in [4.78, 5) is 17.6. The van der Waals surface area contributed by atoms with Crippen molar-refractivity contribution in [1.82, 2.24) is 4.90 Å². The molecule has 0 aromatic heterocycles. The zero-order chi connectivity index (χ0) is 21.6. The summed E-state index contributed by atoms with van der Waals surface area (Å²) in [5.74, 6) is 1.18. The van der Waals surface area contributed by atoms with Gasteiger partial charge in [0.05, 0.1) is 13.0 Å². The van der Waals surface area contributed by atoms with Crippen molar-refractivity contribution in [3.05, 3.63) is 53.6 Å². The number of rotatable bonds is 2. The second-order valence-corrected chi connectivity index (χ2v) is 9.83. The number of aryl methyl sites for hydroxylation is 1. The third kappa shape index (κ3) is 3.48. The van der Waals surface area contributed by atoms with Gasteiger partial charge in [0, 0.05) is 30.9 Å². The molecule has 1 amide bonds. The van der Waals surface area contributed by atoms with Crippen molar-refractivity contribution in [2.75, 3.05) is 31.6 Å². The fourth-order valence-corrected chi connectivity index (χ4v) is 6.07. The van der Waals surface area contributed by atoms with Crippen LogP contribution in [0.15, 0.2) is 51.8 Å². The zero-order valence-corrected chi connectivity index (χ0v) is 18.3. The highest BCUT2D eigenvalue weighted by Gasteiger charge is 2.37. The van der Waals surface area contributed by atoms with E-state index in [-0.39, 0.29) is 16.7 Å². The van der Waals surface area contributed by atoms with Crippen LogP contribution in [0.5, 0.6) is 5.75 Å². The lowest BCUT2D eigenvalue weighted by molar-refractivity contribution is -0.123. The molecule has 3 aliphatic heterocycles. The van der Waals surface area contributed by atoms with Crippen molar-refractivity contribution < 1.29 is 17.9 Å². The molecule has 7 nitrogen and oxygen atoms in total. The van der Waals surface area contributed by atoms with Crippen LogP contribution in [0.3, 0.4) is 0 Å². The van der Waals surface area contributed by atoms with E-state index in [1.807, 2.05) is 34.1 Å². The first-order valence-electron chi connectivity index (χ1n) is 10.7. The summed E-state index contributed by atoms with van der Waals surface area (Å²) in [7, 11) is -2.02. The number of ether oxygens (including phenoxy) is 1. The molecular weight excluding hydrogens is 414 g/mol. The molecule has 3 aliphatic rings. The van der Waals surface area contributed by atoms with Gasteiger partial charge >= 0.3 is 0 Å². The van der Waals surface area contributed by atoms with Gasteiger partial charge in [0.15, 0.2) is 5.84 Å². The van der Waals surface area contributed by atoms with Gasteiger partial charge in [-0.2, -0.15) is 8.42 Å². The Kier molecular flexibility index (Phi) is 4.97. The fraction of sp³-hybridized carbons (Fsp3) is 0.391. The maximum Gasteiger partial charge on any atom is 0.285 e. The number of carbonyl (C=O) groups excluding carboxylic acids is 1. The van der Waals surface area contributed by atoms with E-state index < -0.39 is 10.0 Å². The van der Waals surface area contributed by atoms with Crippen molar-refractivity contribution in [3.63, 3.8) is 0 Å². The van der Waals surface area contributed by atoms with Crippen molar-refractivity contribution in [1.29, 1.82) is 0 Å². The van der Waals surface area contributed by atoms with Gasteiger partial charge in [-0.05, 0) is 61.6 Å². The number of hydrogen-bond acceptors (Lipinski definition) is 5. The first-order chi connectivity index (χ1) is 15.0. The first-order valence-corrected chi connectivity index (χ1v) is 12.1. The lowest BCUT2D eigenvalue weighted by Crippen LogP contribution is -2.48. The van der Waals surface area contributed by atoms with Crippen molar-refractivity contribution in [2.45, 2.75) is 30.6 Å². The topological polar surface area (TPSA) is 79.3 Å². The molecule has 0 N–H and O–H groups in total. The molecule has 1 atom stereocenters. The summed E-state index contributed by atoms with van der Waals surface area (Å²) in [6.07, 6.45) is 3.46. The van der Waals surface area contributed by atoms with Gasteiger partial charge in [0.1, 0.15) is 10.6 Å². The predicted molar refractivity (Wildman–Crippen MR) is 118 cm³/mol. The average molecular weight is 440 g/mol. The Hall–Kier alpha value is -2.87. The molecule has 2 aromatic rings. The number of hydrogen-bond donors (Lipinski definition) is 0. The maximum atomic E-state index is 13.5. The molecule has 0 radical (unpaired) electrons. The van der Waals surface area contributed by atoms with Gasteiger partial charge in [-0.15, -0.1) is 4.40 Å². The Labute approximate surface area is 182 Å². The number of methoxy groups -OCH3 is 1. The molecule has 0 bridgehead atoms. The summed E-state index contributed by atoms with van der Waals surface area (Å²) in [6, 6.07) is 12.8. The number of fused-ring (bicyclic) bond motifs is 2. The second-order valence-electron chi connectivity index (χ2n) is 8.26. The molecule has 5 rings (SSSR count). The van der Waals surface area contributed by atoms with Crippen LogP contribution in [0, 0.1) is 5.92 Å². The number of sulfonamides is 1. The van der Waals surface area contributed by atoms with Gasteiger partial charge in [-0.25, -0.2) is 0 Å². The Bertz CT molecular complexity index is 1180. The van der Waals surface area contributed by atoms with Crippen LogP contribution in [0.2, 0.25) is 0 Å². The molecule has 1 fully saturated rings. The molecule has 0 saturated carbocycles. The standard InChI is InChI=1S/C23H25N3O4S/c1-30-18-10-11-20-16(14-18)6-5-13-26(20)23(27)17-7-4-12-25(15-17)22-19-8-2-3-9-21(19)31(28,29)24-22/h2-3,8-11,14,17H,4-7,12-13,15H2,1H3. The lowest BCUT2D eigenvalue weighted by Gasteiger charge is -2.37. The monoisotopic (exact) mass is 439 g/mol. The van der Waals surface area contributed by atoms with Crippen LogP contribution >= 0.6 is 0 Å². The first kappa shape index (κ1) is 20.1. The van der Waals surface area contributed by atoms with E-state index in [0.717, 1.165) is 42.7 Å². The van der Waals surface area contributed by atoms with E-state index in [1.54, 1.807) is 25.3 Å². The minimum Gasteiger partial charge on any atom is -0.497 e. The molecule has 31 heavy (non-hydrogen) atoms. The SMILES string of the molecule is COc1ccc2c(c1)CCCN2C(=O)C1CCCN(C2=NS(=O)(=O)c3ccccc32)C1. The number of piperidine rings is 1. The highest BCUT2D eigenvalue weighted by atomic mass is 32.2. The third-order valence-corrected chi connectivity index (χ3v) is 7.68. The van der Waals surface area contributed by atoms with Crippen LogP contribution in [0.25, 0.3) is 0 Å².